The fraction of sp³-hybridized carbons (Fsp3) is 0.632. The number of hydrogen-bond donors (Lipinski definition) is 0. The third kappa shape index (κ3) is 3.94. The van der Waals surface area contributed by atoms with Gasteiger partial charge in [0.1, 0.15) is 0 Å². The van der Waals surface area contributed by atoms with E-state index in [1.165, 1.54) is 11.2 Å². The fourth-order valence-electron chi connectivity index (χ4n) is 3.73. The smallest absolute Gasteiger partial charge is 0.243 e. The van der Waals surface area contributed by atoms with Gasteiger partial charge >= 0.3 is 0 Å². The second-order valence-electron chi connectivity index (χ2n) is 7.06. The minimum Gasteiger partial charge on any atom is -0.377 e. The number of nitrogens with zero attached hydrogens (tertiary/aromatic N) is 2. The molecule has 26 heavy (non-hydrogen) atoms. The maximum absolute atomic E-state index is 13.2. The second-order valence-corrected chi connectivity index (χ2v) is 9.00. The van der Waals surface area contributed by atoms with Gasteiger partial charge in [-0.2, -0.15) is 4.31 Å². The lowest BCUT2D eigenvalue weighted by atomic mass is 10.1. The van der Waals surface area contributed by atoms with Gasteiger partial charge in [-0.3, -0.25) is 4.79 Å². The summed E-state index contributed by atoms with van der Waals surface area (Å²) in [6.45, 7) is 5.67. The first-order valence-corrected chi connectivity index (χ1v) is 10.9. The summed E-state index contributed by atoms with van der Waals surface area (Å²) in [4.78, 5) is 13.7. The van der Waals surface area contributed by atoms with Crippen molar-refractivity contribution in [2.75, 3.05) is 31.1 Å². The zero-order valence-corrected chi connectivity index (χ0v) is 16.4. The van der Waals surface area contributed by atoms with Crippen LogP contribution < -0.4 is 4.90 Å². The number of rotatable bonds is 6. The molecule has 6 nitrogen and oxygen atoms in total. The minimum atomic E-state index is -3.62. The Morgan fingerprint density at radius 2 is 2.15 bits per heavy atom. The predicted molar refractivity (Wildman–Crippen MR) is 101 cm³/mol. The number of hydrogen-bond acceptors (Lipinski definition) is 4. The van der Waals surface area contributed by atoms with Crippen LogP contribution in [0.25, 0.3) is 0 Å². The van der Waals surface area contributed by atoms with Crippen molar-refractivity contribution in [2.45, 2.75) is 57.0 Å². The van der Waals surface area contributed by atoms with E-state index in [4.69, 9.17) is 4.74 Å². The quantitative estimate of drug-likeness (QED) is 0.761. The number of fused-ring (bicyclic) bond motifs is 1. The van der Waals surface area contributed by atoms with Crippen LogP contribution in [0.1, 0.15) is 45.1 Å². The highest BCUT2D eigenvalue weighted by atomic mass is 32.2. The number of sulfonamides is 1. The molecule has 0 saturated carbocycles. The summed E-state index contributed by atoms with van der Waals surface area (Å²) in [7, 11) is -3.62. The standard InChI is InChI=1S/C19H28N2O4S/c1-3-10-20(14-17-6-4-5-12-25-17)26(23,24)18-8-7-16-9-11-21(15(2)22)19(16)13-18/h7-8,13,17H,3-6,9-12,14H2,1-2H3. The van der Waals surface area contributed by atoms with Crippen molar-refractivity contribution >= 4 is 21.6 Å². The summed E-state index contributed by atoms with van der Waals surface area (Å²) in [6.07, 6.45) is 4.51. The highest BCUT2D eigenvalue weighted by Crippen LogP contribution is 2.32. The van der Waals surface area contributed by atoms with Crippen molar-refractivity contribution in [2.24, 2.45) is 0 Å². The van der Waals surface area contributed by atoms with Crippen LogP contribution in [-0.2, 0) is 26.0 Å². The average molecular weight is 381 g/mol. The molecular weight excluding hydrogens is 352 g/mol. The van der Waals surface area contributed by atoms with Crippen LogP contribution in [0.5, 0.6) is 0 Å². The van der Waals surface area contributed by atoms with Crippen molar-refractivity contribution in [1.29, 1.82) is 0 Å². The molecule has 1 amide bonds. The molecule has 7 heteroatoms. The third-order valence-electron chi connectivity index (χ3n) is 5.12. The molecule has 2 aliphatic rings. The lowest BCUT2D eigenvalue weighted by molar-refractivity contribution is -0.116. The second kappa shape index (κ2) is 8.06. The van der Waals surface area contributed by atoms with Gasteiger partial charge < -0.3 is 9.64 Å². The van der Waals surface area contributed by atoms with Crippen molar-refractivity contribution in [3.05, 3.63) is 23.8 Å². The van der Waals surface area contributed by atoms with Crippen LogP contribution >= 0.6 is 0 Å². The first kappa shape index (κ1) is 19.3. The Morgan fingerprint density at radius 3 is 2.81 bits per heavy atom. The Bertz CT molecular complexity index is 757. The fourth-order valence-corrected chi connectivity index (χ4v) is 5.32. The van der Waals surface area contributed by atoms with E-state index in [-0.39, 0.29) is 16.9 Å². The van der Waals surface area contributed by atoms with E-state index in [9.17, 15) is 13.2 Å². The number of anilines is 1. The summed E-state index contributed by atoms with van der Waals surface area (Å²) >= 11 is 0. The van der Waals surface area contributed by atoms with Gasteiger partial charge in [-0.05, 0) is 49.8 Å². The van der Waals surface area contributed by atoms with Gasteiger partial charge in [-0.1, -0.05) is 13.0 Å². The Morgan fingerprint density at radius 1 is 1.35 bits per heavy atom. The van der Waals surface area contributed by atoms with Crippen molar-refractivity contribution < 1.29 is 17.9 Å². The average Bonchev–Trinajstić information content (AvgIpc) is 3.05. The first-order chi connectivity index (χ1) is 12.4. The third-order valence-corrected chi connectivity index (χ3v) is 6.99. The number of amides is 1. The van der Waals surface area contributed by atoms with Gasteiger partial charge in [-0.15, -0.1) is 0 Å². The zero-order valence-electron chi connectivity index (χ0n) is 15.6. The molecule has 2 aliphatic heterocycles. The summed E-state index contributed by atoms with van der Waals surface area (Å²) in [6, 6.07) is 5.16. The molecule has 0 aliphatic carbocycles. The molecule has 1 aromatic carbocycles. The van der Waals surface area contributed by atoms with Gasteiger partial charge in [-0.25, -0.2) is 8.42 Å². The topological polar surface area (TPSA) is 66.9 Å². The van der Waals surface area contributed by atoms with Gasteiger partial charge in [0.15, 0.2) is 0 Å². The summed E-state index contributed by atoms with van der Waals surface area (Å²) in [5, 5.41) is 0. The SMILES string of the molecule is CCCN(CC1CCCCO1)S(=O)(=O)c1ccc2c(c1)N(C(C)=O)CC2. The van der Waals surface area contributed by atoms with E-state index in [1.54, 1.807) is 17.0 Å². The van der Waals surface area contributed by atoms with Crippen LogP contribution in [0.4, 0.5) is 5.69 Å². The maximum Gasteiger partial charge on any atom is 0.243 e. The lowest BCUT2D eigenvalue weighted by Gasteiger charge is -2.29. The summed E-state index contributed by atoms with van der Waals surface area (Å²) in [5.74, 6) is -0.0562. The number of carbonyl (C=O) groups is 1. The Labute approximate surface area is 156 Å². The Balaban J connectivity index is 1.87. The molecular formula is C19H28N2O4S. The van der Waals surface area contributed by atoms with E-state index in [0.717, 1.165) is 43.4 Å². The van der Waals surface area contributed by atoms with E-state index in [1.807, 2.05) is 13.0 Å². The van der Waals surface area contributed by atoms with E-state index >= 15 is 0 Å². The highest BCUT2D eigenvalue weighted by molar-refractivity contribution is 7.89. The van der Waals surface area contributed by atoms with Gasteiger partial charge in [0.05, 0.1) is 11.0 Å². The first-order valence-electron chi connectivity index (χ1n) is 9.46. The molecule has 0 bridgehead atoms. The highest BCUT2D eigenvalue weighted by Gasteiger charge is 2.30. The van der Waals surface area contributed by atoms with Crippen LogP contribution in [0, 0.1) is 0 Å². The summed E-state index contributed by atoms with van der Waals surface area (Å²) in [5.41, 5.74) is 1.75. The number of ether oxygens (including phenoxy) is 1. The molecule has 3 rings (SSSR count). The van der Waals surface area contributed by atoms with Crippen LogP contribution in [0.3, 0.4) is 0 Å². The van der Waals surface area contributed by atoms with E-state index in [2.05, 4.69) is 0 Å². The molecule has 1 fully saturated rings. The molecule has 1 atom stereocenters. The molecule has 1 saturated heterocycles. The van der Waals surface area contributed by atoms with Crippen LogP contribution in [0.2, 0.25) is 0 Å². The normalized spacial score (nSPS) is 20.4. The monoisotopic (exact) mass is 380 g/mol. The van der Waals surface area contributed by atoms with Crippen molar-refractivity contribution in [3.63, 3.8) is 0 Å². The number of benzene rings is 1. The largest absolute Gasteiger partial charge is 0.377 e. The van der Waals surface area contributed by atoms with Crippen molar-refractivity contribution in [3.8, 4) is 0 Å². The lowest BCUT2D eigenvalue weighted by Crippen LogP contribution is -2.40. The maximum atomic E-state index is 13.2. The molecule has 0 radical (unpaired) electrons. The van der Waals surface area contributed by atoms with E-state index < -0.39 is 10.0 Å². The van der Waals surface area contributed by atoms with Gasteiger partial charge in [0.25, 0.3) is 0 Å². The zero-order chi connectivity index (χ0) is 18.7. The Hall–Kier alpha value is -1.44. The van der Waals surface area contributed by atoms with Crippen molar-refractivity contribution in [1.82, 2.24) is 4.31 Å². The van der Waals surface area contributed by atoms with Crippen LogP contribution in [-0.4, -0.2) is 51.0 Å². The summed E-state index contributed by atoms with van der Waals surface area (Å²) < 4.78 is 33.8. The minimum absolute atomic E-state index is 0.0341. The molecule has 0 aromatic heterocycles. The number of carbonyl (C=O) groups excluding carboxylic acids is 1. The van der Waals surface area contributed by atoms with E-state index in [0.29, 0.717) is 26.2 Å². The molecule has 1 unspecified atom stereocenters. The molecule has 144 valence electrons. The van der Waals surface area contributed by atoms with Gasteiger partial charge in [0, 0.05) is 38.9 Å². The Kier molecular flexibility index (Phi) is 5.99. The van der Waals surface area contributed by atoms with Gasteiger partial charge in [0.2, 0.25) is 15.9 Å². The molecule has 2 heterocycles. The predicted octanol–water partition coefficient (Wildman–Crippen LogP) is 2.57. The molecule has 1 aromatic rings. The molecule has 0 N–H and O–H groups in total. The van der Waals surface area contributed by atoms with Crippen LogP contribution in [0.15, 0.2) is 23.1 Å². The molecule has 0 spiro atoms.